The Morgan fingerprint density at radius 1 is 0.844 bits per heavy atom. The third-order valence-electron chi connectivity index (χ3n) is 6.62. The fourth-order valence-corrected chi connectivity index (χ4v) is 4.89. The van der Waals surface area contributed by atoms with E-state index in [0.29, 0.717) is 17.7 Å². The summed E-state index contributed by atoms with van der Waals surface area (Å²) in [5, 5.41) is 0. The summed E-state index contributed by atoms with van der Waals surface area (Å²) in [6, 6.07) is 22.2. The van der Waals surface area contributed by atoms with Gasteiger partial charge < -0.3 is 4.74 Å². The lowest BCUT2D eigenvalue weighted by atomic mass is 9.70. The monoisotopic (exact) mass is 438 g/mol. The van der Waals surface area contributed by atoms with Gasteiger partial charge in [-0.3, -0.25) is 0 Å². The molecule has 1 nitrogen and oxygen atoms in total. The van der Waals surface area contributed by atoms with E-state index in [-0.39, 0.29) is 12.0 Å². The number of halogens is 3. The van der Waals surface area contributed by atoms with E-state index in [2.05, 4.69) is 12.1 Å². The van der Waals surface area contributed by atoms with Gasteiger partial charge in [-0.25, -0.2) is 0 Å². The van der Waals surface area contributed by atoms with E-state index in [1.54, 1.807) is 0 Å². The third-order valence-corrected chi connectivity index (χ3v) is 6.62. The molecule has 3 aromatic carbocycles. The topological polar surface area (TPSA) is 9.23 Å². The van der Waals surface area contributed by atoms with Crippen LogP contribution in [-0.4, -0.2) is 6.61 Å². The highest BCUT2D eigenvalue weighted by Crippen LogP contribution is 2.40. The number of hydrogen-bond donors (Lipinski definition) is 0. The van der Waals surface area contributed by atoms with Crippen molar-refractivity contribution in [3.8, 4) is 11.1 Å². The second-order valence-electron chi connectivity index (χ2n) is 8.93. The molecule has 0 N–H and O–H groups in total. The molecule has 0 atom stereocenters. The summed E-state index contributed by atoms with van der Waals surface area (Å²) in [5.74, 6) is 0. The highest BCUT2D eigenvalue weighted by molar-refractivity contribution is 5.68. The normalized spacial score (nSPS) is 16.1. The summed E-state index contributed by atoms with van der Waals surface area (Å²) in [7, 11) is 0. The fourth-order valence-electron chi connectivity index (χ4n) is 4.89. The molecular formula is C28H29F3O. The molecule has 0 saturated heterocycles. The summed E-state index contributed by atoms with van der Waals surface area (Å²) < 4.78 is 47.0. The quantitative estimate of drug-likeness (QED) is 0.378. The first-order valence-electron chi connectivity index (χ1n) is 11.3. The van der Waals surface area contributed by atoms with Gasteiger partial charge in [0.05, 0.1) is 18.8 Å². The first-order valence-corrected chi connectivity index (χ1v) is 11.3. The van der Waals surface area contributed by atoms with Crippen LogP contribution >= 0.6 is 0 Å². The van der Waals surface area contributed by atoms with Crippen LogP contribution in [-0.2, 0) is 22.9 Å². The standard InChI is InChI=1S/C28H29F3O/c1-21-10-6-7-13-26(21)23-16-22(17-25(18-23)28(29,30)31)19-32-20-27(14-8-3-9-15-27)24-11-4-2-5-12-24/h2,4-7,10-13,16-18H,3,8-9,14-15,19-20H2,1H3. The molecule has 0 unspecified atom stereocenters. The van der Waals surface area contributed by atoms with E-state index in [0.717, 1.165) is 36.8 Å². The number of hydrogen-bond acceptors (Lipinski definition) is 1. The van der Waals surface area contributed by atoms with Crippen molar-refractivity contribution >= 4 is 0 Å². The van der Waals surface area contributed by atoms with E-state index < -0.39 is 11.7 Å². The van der Waals surface area contributed by atoms with Gasteiger partial charge in [-0.15, -0.1) is 0 Å². The predicted molar refractivity (Wildman–Crippen MR) is 122 cm³/mol. The summed E-state index contributed by atoms with van der Waals surface area (Å²) in [6.45, 7) is 2.60. The molecular weight excluding hydrogens is 409 g/mol. The SMILES string of the molecule is Cc1ccccc1-c1cc(COCC2(c3ccccc3)CCCCC2)cc(C(F)(F)F)c1. The molecule has 1 aliphatic carbocycles. The molecule has 0 spiro atoms. The fraction of sp³-hybridized carbons (Fsp3) is 0.357. The van der Waals surface area contributed by atoms with Crippen LogP contribution in [0.4, 0.5) is 13.2 Å². The van der Waals surface area contributed by atoms with E-state index in [1.807, 2.05) is 55.5 Å². The van der Waals surface area contributed by atoms with Crippen molar-refractivity contribution in [2.75, 3.05) is 6.61 Å². The summed E-state index contributed by atoms with van der Waals surface area (Å²) in [6.07, 6.45) is 1.23. The number of rotatable bonds is 6. The van der Waals surface area contributed by atoms with Crippen molar-refractivity contribution in [2.24, 2.45) is 0 Å². The van der Waals surface area contributed by atoms with Gasteiger partial charge in [0.2, 0.25) is 0 Å². The molecule has 0 amide bonds. The maximum absolute atomic E-state index is 13.6. The Bertz CT molecular complexity index is 1030. The Hall–Kier alpha value is -2.59. The number of aryl methyl sites for hydroxylation is 1. The maximum Gasteiger partial charge on any atom is 0.416 e. The molecule has 1 fully saturated rings. The van der Waals surface area contributed by atoms with Crippen molar-refractivity contribution in [3.05, 3.63) is 95.1 Å². The predicted octanol–water partition coefficient (Wildman–Crippen LogP) is 8.10. The van der Waals surface area contributed by atoms with Crippen LogP contribution in [0.5, 0.6) is 0 Å². The highest BCUT2D eigenvalue weighted by Gasteiger charge is 2.34. The molecule has 0 aliphatic heterocycles. The smallest absolute Gasteiger partial charge is 0.376 e. The Morgan fingerprint density at radius 2 is 1.53 bits per heavy atom. The lowest BCUT2D eigenvalue weighted by molar-refractivity contribution is -0.137. The minimum Gasteiger partial charge on any atom is -0.376 e. The molecule has 4 rings (SSSR count). The molecule has 0 radical (unpaired) electrons. The summed E-state index contributed by atoms with van der Waals surface area (Å²) in [4.78, 5) is 0. The van der Waals surface area contributed by atoms with E-state index in [4.69, 9.17) is 4.74 Å². The van der Waals surface area contributed by atoms with E-state index in [9.17, 15) is 13.2 Å². The van der Waals surface area contributed by atoms with Gasteiger partial charge in [0.25, 0.3) is 0 Å². The van der Waals surface area contributed by atoms with Gasteiger partial charge in [-0.1, -0.05) is 73.9 Å². The Morgan fingerprint density at radius 3 is 2.22 bits per heavy atom. The van der Waals surface area contributed by atoms with Crippen LogP contribution in [0, 0.1) is 6.92 Å². The van der Waals surface area contributed by atoms with Crippen molar-refractivity contribution in [1.82, 2.24) is 0 Å². The van der Waals surface area contributed by atoms with Crippen molar-refractivity contribution < 1.29 is 17.9 Å². The van der Waals surface area contributed by atoms with Gasteiger partial charge >= 0.3 is 6.18 Å². The zero-order valence-corrected chi connectivity index (χ0v) is 18.4. The summed E-state index contributed by atoms with van der Waals surface area (Å²) in [5.41, 5.74) is 3.47. The molecule has 0 bridgehead atoms. The first-order chi connectivity index (χ1) is 15.4. The zero-order chi connectivity index (χ0) is 22.6. The minimum absolute atomic E-state index is 0.0556. The average Bonchev–Trinajstić information content (AvgIpc) is 2.80. The lowest BCUT2D eigenvalue weighted by Crippen LogP contribution is -2.34. The van der Waals surface area contributed by atoms with Crippen LogP contribution in [0.3, 0.4) is 0 Å². The van der Waals surface area contributed by atoms with Crippen LogP contribution < -0.4 is 0 Å². The zero-order valence-electron chi connectivity index (χ0n) is 18.4. The Kier molecular flexibility index (Phi) is 6.71. The number of ether oxygens (including phenoxy) is 1. The molecule has 4 heteroatoms. The average molecular weight is 439 g/mol. The van der Waals surface area contributed by atoms with Gasteiger partial charge in [-0.05, 0) is 65.8 Å². The second kappa shape index (κ2) is 9.50. The summed E-state index contributed by atoms with van der Waals surface area (Å²) >= 11 is 0. The van der Waals surface area contributed by atoms with Crippen LogP contribution in [0.25, 0.3) is 11.1 Å². The van der Waals surface area contributed by atoms with Crippen LogP contribution in [0.2, 0.25) is 0 Å². The second-order valence-corrected chi connectivity index (χ2v) is 8.93. The van der Waals surface area contributed by atoms with Gasteiger partial charge in [-0.2, -0.15) is 13.2 Å². The highest BCUT2D eigenvalue weighted by atomic mass is 19.4. The van der Waals surface area contributed by atoms with Crippen LogP contribution in [0.15, 0.2) is 72.8 Å². The molecule has 0 heterocycles. The number of alkyl halides is 3. The van der Waals surface area contributed by atoms with Crippen molar-refractivity contribution in [3.63, 3.8) is 0 Å². The van der Waals surface area contributed by atoms with Crippen molar-refractivity contribution in [1.29, 1.82) is 0 Å². The first kappa shape index (κ1) is 22.6. The Labute approximate surface area is 188 Å². The van der Waals surface area contributed by atoms with Gasteiger partial charge in [0.15, 0.2) is 0 Å². The van der Waals surface area contributed by atoms with Crippen molar-refractivity contribution in [2.45, 2.75) is 57.2 Å². The molecule has 0 aromatic heterocycles. The maximum atomic E-state index is 13.6. The molecule has 3 aromatic rings. The Balaban J connectivity index is 1.58. The third kappa shape index (κ3) is 5.07. The lowest BCUT2D eigenvalue weighted by Gasteiger charge is -2.37. The molecule has 168 valence electrons. The largest absolute Gasteiger partial charge is 0.416 e. The molecule has 1 aliphatic rings. The van der Waals surface area contributed by atoms with E-state index in [1.165, 1.54) is 24.1 Å². The van der Waals surface area contributed by atoms with Gasteiger partial charge in [0.1, 0.15) is 0 Å². The minimum atomic E-state index is -4.40. The van der Waals surface area contributed by atoms with Crippen LogP contribution in [0.1, 0.15) is 54.4 Å². The van der Waals surface area contributed by atoms with Gasteiger partial charge in [0, 0.05) is 5.41 Å². The number of benzene rings is 3. The van der Waals surface area contributed by atoms with E-state index >= 15 is 0 Å². The molecule has 32 heavy (non-hydrogen) atoms. The molecule has 1 saturated carbocycles.